The van der Waals surface area contributed by atoms with Crippen LogP contribution in [0.1, 0.15) is 98.0 Å². The van der Waals surface area contributed by atoms with E-state index in [0.717, 1.165) is 17.7 Å². The number of Topliss-reactive ketones (excluding diaryl/α,β-unsaturated/α-hetero) is 1. The van der Waals surface area contributed by atoms with E-state index in [9.17, 15) is 43.2 Å². The molecule has 22 nitrogen and oxygen atoms in total. The molecule has 0 spiro atoms. The molecule has 4 aliphatic rings. The highest BCUT2D eigenvalue weighted by Crippen LogP contribution is 2.37. The minimum Gasteiger partial charge on any atom is -0.491 e. The number of hydrogen-bond donors (Lipinski definition) is 6. The third kappa shape index (κ3) is 15.0. The minimum absolute atomic E-state index is 0.00810. The van der Waals surface area contributed by atoms with Crippen molar-refractivity contribution in [3.8, 4) is 5.75 Å². The molecule has 0 radical (unpaired) electrons. The number of imide groups is 2. The van der Waals surface area contributed by atoms with E-state index in [1.165, 1.54) is 16.8 Å². The fraction of sp³-hybridized carbons (Fsp3) is 0.519. The van der Waals surface area contributed by atoms with Gasteiger partial charge in [-0.1, -0.05) is 31.0 Å². The van der Waals surface area contributed by atoms with Crippen LogP contribution in [0.4, 0.5) is 11.4 Å². The number of pyridine rings is 1. The molecule has 22 heteroatoms. The van der Waals surface area contributed by atoms with Crippen LogP contribution in [0.5, 0.6) is 5.75 Å². The summed E-state index contributed by atoms with van der Waals surface area (Å²) < 4.78 is 29.7. The number of ketones is 1. The molecule has 2 aromatic carbocycles. The Morgan fingerprint density at radius 1 is 0.757 bits per heavy atom. The minimum atomic E-state index is -1.31. The lowest BCUT2D eigenvalue weighted by Gasteiger charge is -2.27. The second-order valence-electron chi connectivity index (χ2n) is 19.5. The maximum atomic E-state index is 14.1. The van der Waals surface area contributed by atoms with Gasteiger partial charge in [0.15, 0.2) is 0 Å². The first kappa shape index (κ1) is 54.8. The molecule has 1 saturated carbocycles. The number of carbonyl (C=O) groups is 8. The summed E-state index contributed by atoms with van der Waals surface area (Å²) >= 11 is 0. The number of fused-ring (bicyclic) bond motifs is 1. The topological polar surface area (TPSA) is 280 Å². The number of nitrogens with one attached hydrogen (secondary N) is 6. The quantitative estimate of drug-likeness (QED) is 0.0252. The van der Waals surface area contributed by atoms with Gasteiger partial charge < -0.3 is 54.8 Å². The Morgan fingerprint density at radius 2 is 1.46 bits per heavy atom. The fourth-order valence-electron chi connectivity index (χ4n) is 8.70. The average molecular weight is 1030 g/mol. The van der Waals surface area contributed by atoms with E-state index in [1.807, 2.05) is 20.8 Å². The maximum absolute atomic E-state index is 14.1. The molecule has 0 bridgehead atoms. The Morgan fingerprint density at radius 3 is 2.14 bits per heavy atom. The highest BCUT2D eigenvalue weighted by molar-refractivity contribution is 6.38. The number of piperidine rings is 1. The third-order valence-electron chi connectivity index (χ3n) is 12.8. The first-order valence-corrected chi connectivity index (χ1v) is 25.1. The number of ether oxygens (including phenoxy) is 5. The van der Waals surface area contributed by atoms with Crippen LogP contribution >= 0.6 is 0 Å². The van der Waals surface area contributed by atoms with Crippen molar-refractivity contribution in [1.29, 1.82) is 0 Å². The van der Waals surface area contributed by atoms with Crippen LogP contribution in [0.3, 0.4) is 0 Å². The van der Waals surface area contributed by atoms with Gasteiger partial charge in [-0.25, -0.2) is 0 Å². The second kappa shape index (κ2) is 25.8. The molecule has 6 N–H and O–H groups in total. The lowest BCUT2D eigenvalue weighted by atomic mass is 9.94. The number of carbonyl (C=O) groups excluding carboxylic acids is 8. The summed E-state index contributed by atoms with van der Waals surface area (Å²) in [6.07, 6.45) is 4.19. The molecule has 1 aromatic heterocycles. The highest BCUT2D eigenvalue weighted by atomic mass is 16.6. The largest absolute Gasteiger partial charge is 0.491 e. The molecule has 3 aliphatic heterocycles. The number of anilines is 2. The van der Waals surface area contributed by atoms with Gasteiger partial charge in [0.05, 0.1) is 62.4 Å². The molecule has 74 heavy (non-hydrogen) atoms. The van der Waals surface area contributed by atoms with E-state index in [-0.39, 0.29) is 74.4 Å². The SMILES string of the molecule is CC(C)(C)OCNc1cccn([C@@H](CC2CC2)C(=O)N[C@@H](C[C@@H]2CCNC2=O)C(=O)C(=O)NCc2ccc(OCCOCCOCCOCCNc3cccc4c3C(=O)N(C3CCC(=O)NC3=O)C4=O)cc2)c1=O. The molecular formula is C52H66N8O14. The predicted molar refractivity (Wildman–Crippen MR) is 267 cm³/mol. The summed E-state index contributed by atoms with van der Waals surface area (Å²) in [5.74, 6) is -4.75. The molecule has 2 saturated heterocycles. The van der Waals surface area contributed by atoms with Crippen molar-refractivity contribution >= 4 is 58.5 Å². The Hall–Kier alpha value is -7.01. The van der Waals surface area contributed by atoms with Gasteiger partial charge in [-0.3, -0.25) is 53.4 Å². The van der Waals surface area contributed by atoms with Crippen LogP contribution in [0.15, 0.2) is 65.6 Å². The monoisotopic (exact) mass is 1030 g/mol. The van der Waals surface area contributed by atoms with Crippen molar-refractivity contribution in [1.82, 2.24) is 30.7 Å². The van der Waals surface area contributed by atoms with Crippen LogP contribution in [0.2, 0.25) is 0 Å². The number of nitrogens with zero attached hydrogens (tertiary/aromatic N) is 2. The van der Waals surface area contributed by atoms with E-state index in [2.05, 4.69) is 31.9 Å². The van der Waals surface area contributed by atoms with E-state index in [0.29, 0.717) is 76.0 Å². The van der Waals surface area contributed by atoms with Crippen molar-refractivity contribution in [2.24, 2.45) is 11.8 Å². The smallest absolute Gasteiger partial charge is 0.289 e. The van der Waals surface area contributed by atoms with Gasteiger partial charge in [0.25, 0.3) is 23.3 Å². The van der Waals surface area contributed by atoms with Gasteiger partial charge in [-0.05, 0) is 94.3 Å². The first-order chi connectivity index (χ1) is 35.6. The zero-order chi connectivity index (χ0) is 52.8. The maximum Gasteiger partial charge on any atom is 0.289 e. The number of amides is 7. The molecule has 7 rings (SSSR count). The summed E-state index contributed by atoms with van der Waals surface area (Å²) in [6, 6.07) is 11.7. The summed E-state index contributed by atoms with van der Waals surface area (Å²) in [4.78, 5) is 119. The lowest BCUT2D eigenvalue weighted by Crippen LogP contribution is -2.54. The zero-order valence-electron chi connectivity index (χ0n) is 42.0. The van der Waals surface area contributed by atoms with Gasteiger partial charge in [-0.15, -0.1) is 0 Å². The molecule has 4 heterocycles. The predicted octanol–water partition coefficient (Wildman–Crippen LogP) is 2.21. The second-order valence-corrected chi connectivity index (χ2v) is 19.5. The normalized spacial score (nSPS) is 18.3. The molecule has 1 unspecified atom stereocenters. The molecular weight excluding hydrogens is 961 g/mol. The van der Waals surface area contributed by atoms with Gasteiger partial charge in [-0.2, -0.15) is 0 Å². The van der Waals surface area contributed by atoms with Crippen molar-refractivity contribution in [3.63, 3.8) is 0 Å². The van der Waals surface area contributed by atoms with Crippen molar-refractivity contribution in [2.75, 3.05) is 76.7 Å². The van der Waals surface area contributed by atoms with Crippen LogP contribution in [-0.2, 0) is 54.3 Å². The standard InChI is InChI=1S/C52H66N8O14/c1-52(2,3)74-31-56-38-8-5-20-59(50(38)68)41(28-32-9-10-32)47(65)57-39(29-34-17-18-54-45(34)63)44(62)48(66)55-30-33-11-13-35(14-12-33)73-27-26-72-25-24-71-23-22-70-21-19-53-37-7-4-6-36-43(37)51(69)60(49(36)67)40-15-16-42(61)58-46(40)64/h4-8,11-14,20,32,34,39-41,53,56H,9-10,15-19,21-31H2,1-3H3,(H,54,63)(H,55,66)(H,57,65)(H,58,61,64)/t34-,39-,40?,41-/m0/s1. The zero-order valence-corrected chi connectivity index (χ0v) is 42.0. The highest BCUT2D eigenvalue weighted by Gasteiger charge is 2.46. The molecule has 3 fully saturated rings. The van der Waals surface area contributed by atoms with E-state index >= 15 is 0 Å². The van der Waals surface area contributed by atoms with Gasteiger partial charge in [0, 0.05) is 43.9 Å². The number of aromatic nitrogens is 1. The van der Waals surface area contributed by atoms with Gasteiger partial charge in [0.1, 0.15) is 36.9 Å². The lowest BCUT2D eigenvalue weighted by molar-refractivity contribution is -0.141. The summed E-state index contributed by atoms with van der Waals surface area (Å²) in [5, 5.41) is 16.5. The van der Waals surface area contributed by atoms with E-state index in [1.54, 1.807) is 48.5 Å². The van der Waals surface area contributed by atoms with E-state index < -0.39 is 76.4 Å². The molecule has 3 aromatic rings. The van der Waals surface area contributed by atoms with Crippen LogP contribution in [0.25, 0.3) is 0 Å². The Labute approximate surface area is 428 Å². The molecule has 398 valence electrons. The van der Waals surface area contributed by atoms with E-state index in [4.69, 9.17) is 23.7 Å². The first-order valence-electron chi connectivity index (χ1n) is 25.1. The number of hydrogen-bond acceptors (Lipinski definition) is 16. The molecule has 7 amide bonds. The third-order valence-corrected chi connectivity index (χ3v) is 12.8. The molecule has 1 aliphatic carbocycles. The number of benzene rings is 2. The van der Waals surface area contributed by atoms with Crippen LogP contribution < -0.4 is 42.2 Å². The van der Waals surface area contributed by atoms with Gasteiger partial charge in [0.2, 0.25) is 29.4 Å². The summed E-state index contributed by atoms with van der Waals surface area (Å²) in [6.45, 7) is 8.63. The van der Waals surface area contributed by atoms with Crippen molar-refractivity contribution < 1.29 is 62.0 Å². The van der Waals surface area contributed by atoms with Crippen LogP contribution in [-0.4, -0.2) is 140 Å². The average Bonchev–Trinajstić information content (AvgIpc) is 4.05. The summed E-state index contributed by atoms with van der Waals surface area (Å²) in [5.41, 5.74) is 0.864. The Balaban J connectivity index is 0.778. The van der Waals surface area contributed by atoms with Crippen molar-refractivity contribution in [3.05, 3.63) is 87.8 Å². The van der Waals surface area contributed by atoms with Gasteiger partial charge >= 0.3 is 0 Å². The van der Waals surface area contributed by atoms with Crippen LogP contribution in [0, 0.1) is 11.8 Å². The molecule has 4 atom stereocenters. The number of rotatable bonds is 29. The van der Waals surface area contributed by atoms with Crippen molar-refractivity contribution in [2.45, 2.75) is 96.0 Å². The Kier molecular flexibility index (Phi) is 19.1. The Bertz CT molecular complexity index is 2590. The fourth-order valence-corrected chi connectivity index (χ4v) is 8.70. The summed E-state index contributed by atoms with van der Waals surface area (Å²) in [7, 11) is 0.